The van der Waals surface area contributed by atoms with Crippen molar-refractivity contribution in [3.8, 4) is 5.75 Å². The molecule has 0 fully saturated rings. The summed E-state index contributed by atoms with van der Waals surface area (Å²) >= 11 is 1.61. The standard InChI is InChI=1S/C15H16O2S/c1-10-7-11(2)15(14(8-10)17-3)13(16)9-12-5-4-6-18-12/h4-8H,9H2,1-3H3. The highest BCUT2D eigenvalue weighted by Gasteiger charge is 2.16. The fourth-order valence-corrected chi connectivity index (χ4v) is 2.81. The molecule has 0 radical (unpaired) electrons. The van der Waals surface area contributed by atoms with Crippen LogP contribution in [0.4, 0.5) is 0 Å². The van der Waals surface area contributed by atoms with Gasteiger partial charge in [-0.05, 0) is 42.5 Å². The predicted octanol–water partition coefficient (Wildman–Crippen LogP) is 3.80. The molecular weight excluding hydrogens is 244 g/mol. The lowest BCUT2D eigenvalue weighted by molar-refractivity contribution is 0.0990. The third kappa shape index (κ3) is 2.62. The number of carbonyl (C=O) groups excluding carboxylic acids is 1. The van der Waals surface area contributed by atoms with Crippen molar-refractivity contribution in [1.82, 2.24) is 0 Å². The molecule has 0 saturated heterocycles. The summed E-state index contributed by atoms with van der Waals surface area (Å²) in [6.45, 7) is 3.96. The summed E-state index contributed by atoms with van der Waals surface area (Å²) in [5, 5.41) is 1.99. The molecule has 0 amide bonds. The Balaban J connectivity index is 2.35. The highest BCUT2D eigenvalue weighted by Crippen LogP contribution is 2.26. The van der Waals surface area contributed by atoms with Crippen molar-refractivity contribution in [3.05, 3.63) is 51.2 Å². The van der Waals surface area contributed by atoms with E-state index in [1.165, 1.54) is 0 Å². The molecule has 1 heterocycles. The van der Waals surface area contributed by atoms with Crippen LogP contribution in [0.25, 0.3) is 0 Å². The minimum absolute atomic E-state index is 0.117. The van der Waals surface area contributed by atoms with E-state index in [0.717, 1.165) is 16.0 Å². The average molecular weight is 260 g/mol. The zero-order valence-electron chi connectivity index (χ0n) is 10.8. The fraction of sp³-hybridized carbons (Fsp3) is 0.267. The third-order valence-corrected chi connectivity index (χ3v) is 3.73. The van der Waals surface area contributed by atoms with E-state index < -0.39 is 0 Å². The van der Waals surface area contributed by atoms with Crippen molar-refractivity contribution in [1.29, 1.82) is 0 Å². The van der Waals surface area contributed by atoms with Crippen LogP contribution in [0.5, 0.6) is 5.75 Å². The molecule has 2 nitrogen and oxygen atoms in total. The molecule has 18 heavy (non-hydrogen) atoms. The van der Waals surface area contributed by atoms with Crippen molar-refractivity contribution >= 4 is 17.1 Å². The Hall–Kier alpha value is -1.61. The average Bonchev–Trinajstić information content (AvgIpc) is 2.80. The zero-order valence-corrected chi connectivity index (χ0v) is 11.6. The van der Waals surface area contributed by atoms with Crippen molar-refractivity contribution in [2.24, 2.45) is 0 Å². The van der Waals surface area contributed by atoms with Crippen LogP contribution in [0.15, 0.2) is 29.6 Å². The minimum atomic E-state index is 0.117. The molecule has 2 rings (SSSR count). The van der Waals surface area contributed by atoms with E-state index in [-0.39, 0.29) is 5.78 Å². The van der Waals surface area contributed by atoms with Gasteiger partial charge in [-0.15, -0.1) is 11.3 Å². The summed E-state index contributed by atoms with van der Waals surface area (Å²) in [7, 11) is 1.61. The third-order valence-electron chi connectivity index (χ3n) is 2.86. The van der Waals surface area contributed by atoms with E-state index in [1.807, 2.05) is 43.5 Å². The van der Waals surface area contributed by atoms with Gasteiger partial charge in [-0.25, -0.2) is 0 Å². The second-order valence-corrected chi connectivity index (χ2v) is 5.37. The molecule has 0 saturated carbocycles. The van der Waals surface area contributed by atoms with Gasteiger partial charge in [0, 0.05) is 11.3 Å². The van der Waals surface area contributed by atoms with E-state index in [2.05, 4.69) is 0 Å². The van der Waals surface area contributed by atoms with E-state index in [1.54, 1.807) is 18.4 Å². The molecule has 0 spiro atoms. The predicted molar refractivity (Wildman–Crippen MR) is 74.8 cm³/mol. The number of rotatable bonds is 4. The van der Waals surface area contributed by atoms with Gasteiger partial charge in [-0.2, -0.15) is 0 Å². The van der Waals surface area contributed by atoms with Crippen LogP contribution in [-0.4, -0.2) is 12.9 Å². The van der Waals surface area contributed by atoms with E-state index in [4.69, 9.17) is 4.74 Å². The quantitative estimate of drug-likeness (QED) is 0.782. The van der Waals surface area contributed by atoms with Gasteiger partial charge in [-0.1, -0.05) is 12.1 Å². The van der Waals surface area contributed by atoms with Crippen LogP contribution in [-0.2, 0) is 6.42 Å². The maximum atomic E-state index is 12.4. The Morgan fingerprint density at radius 1 is 1.33 bits per heavy atom. The van der Waals surface area contributed by atoms with Crippen LogP contribution in [0.3, 0.4) is 0 Å². The van der Waals surface area contributed by atoms with Gasteiger partial charge in [0.05, 0.1) is 12.7 Å². The molecule has 0 unspecified atom stereocenters. The van der Waals surface area contributed by atoms with Crippen LogP contribution in [0.1, 0.15) is 26.4 Å². The fourth-order valence-electron chi connectivity index (χ4n) is 2.11. The molecule has 0 bridgehead atoms. The normalized spacial score (nSPS) is 10.4. The van der Waals surface area contributed by atoms with Crippen molar-refractivity contribution in [2.75, 3.05) is 7.11 Å². The maximum Gasteiger partial charge on any atom is 0.172 e. The minimum Gasteiger partial charge on any atom is -0.496 e. The number of Topliss-reactive ketones (excluding diaryl/α,β-unsaturated/α-hetero) is 1. The maximum absolute atomic E-state index is 12.4. The van der Waals surface area contributed by atoms with Gasteiger partial charge in [0.1, 0.15) is 5.75 Å². The molecule has 94 valence electrons. The molecule has 0 N–H and O–H groups in total. The molecular formula is C15H16O2S. The highest BCUT2D eigenvalue weighted by atomic mass is 32.1. The second kappa shape index (κ2) is 5.36. The summed E-state index contributed by atoms with van der Waals surface area (Å²) in [5.41, 5.74) is 2.79. The molecule has 1 aromatic heterocycles. The van der Waals surface area contributed by atoms with Crippen LogP contribution in [0.2, 0.25) is 0 Å². The lowest BCUT2D eigenvalue weighted by Crippen LogP contribution is -2.07. The first-order valence-electron chi connectivity index (χ1n) is 5.82. The topological polar surface area (TPSA) is 26.3 Å². The number of carbonyl (C=O) groups is 1. The van der Waals surface area contributed by atoms with Gasteiger partial charge >= 0.3 is 0 Å². The van der Waals surface area contributed by atoms with Gasteiger partial charge in [0.15, 0.2) is 5.78 Å². The van der Waals surface area contributed by atoms with Crippen LogP contribution in [0, 0.1) is 13.8 Å². The number of ether oxygens (including phenoxy) is 1. The second-order valence-electron chi connectivity index (χ2n) is 4.34. The zero-order chi connectivity index (χ0) is 13.1. The lowest BCUT2D eigenvalue weighted by Gasteiger charge is -2.11. The van der Waals surface area contributed by atoms with E-state index in [9.17, 15) is 4.79 Å². The molecule has 3 heteroatoms. The van der Waals surface area contributed by atoms with Crippen LogP contribution < -0.4 is 4.74 Å². The Morgan fingerprint density at radius 3 is 2.72 bits per heavy atom. The highest BCUT2D eigenvalue weighted by molar-refractivity contribution is 7.10. The largest absolute Gasteiger partial charge is 0.496 e. The number of aryl methyl sites for hydroxylation is 2. The number of ketones is 1. The summed E-state index contributed by atoms with van der Waals surface area (Å²) in [4.78, 5) is 13.4. The van der Waals surface area contributed by atoms with E-state index >= 15 is 0 Å². The first-order valence-corrected chi connectivity index (χ1v) is 6.70. The first kappa shape index (κ1) is 12.8. The van der Waals surface area contributed by atoms with E-state index in [0.29, 0.717) is 17.7 Å². The number of thiophene rings is 1. The van der Waals surface area contributed by atoms with Crippen molar-refractivity contribution in [3.63, 3.8) is 0 Å². The number of hydrogen-bond donors (Lipinski definition) is 0. The molecule has 1 aromatic carbocycles. The Morgan fingerprint density at radius 2 is 2.11 bits per heavy atom. The van der Waals surface area contributed by atoms with Gasteiger partial charge in [0.25, 0.3) is 0 Å². The van der Waals surface area contributed by atoms with Crippen LogP contribution >= 0.6 is 11.3 Å². The lowest BCUT2D eigenvalue weighted by atomic mass is 9.98. The molecule has 0 aliphatic carbocycles. The molecule has 0 aliphatic rings. The molecule has 0 atom stereocenters. The molecule has 0 aliphatic heterocycles. The smallest absolute Gasteiger partial charge is 0.172 e. The summed E-state index contributed by atoms with van der Waals surface area (Å²) in [6.07, 6.45) is 0.442. The van der Waals surface area contributed by atoms with Crippen molar-refractivity contribution < 1.29 is 9.53 Å². The summed E-state index contributed by atoms with van der Waals surface area (Å²) in [5.74, 6) is 0.792. The van der Waals surface area contributed by atoms with Gasteiger partial charge < -0.3 is 4.74 Å². The summed E-state index contributed by atoms with van der Waals surface area (Å²) in [6, 6.07) is 7.88. The van der Waals surface area contributed by atoms with Crippen molar-refractivity contribution in [2.45, 2.75) is 20.3 Å². The first-order chi connectivity index (χ1) is 8.61. The van der Waals surface area contributed by atoms with Gasteiger partial charge in [0.2, 0.25) is 0 Å². The SMILES string of the molecule is COc1cc(C)cc(C)c1C(=O)Cc1cccs1. The number of benzene rings is 1. The Kier molecular flexibility index (Phi) is 3.82. The number of methoxy groups -OCH3 is 1. The van der Waals surface area contributed by atoms with Gasteiger partial charge in [-0.3, -0.25) is 4.79 Å². The Bertz CT molecular complexity index is 556. The summed E-state index contributed by atoms with van der Waals surface area (Å²) < 4.78 is 5.33. The molecule has 2 aromatic rings. The monoisotopic (exact) mass is 260 g/mol. The Labute approximate surface area is 111 Å². The number of hydrogen-bond acceptors (Lipinski definition) is 3.